The summed E-state index contributed by atoms with van der Waals surface area (Å²) < 4.78 is 0. The van der Waals surface area contributed by atoms with Crippen LogP contribution in [0.3, 0.4) is 0 Å². The van der Waals surface area contributed by atoms with Crippen molar-refractivity contribution >= 4 is 11.6 Å². The summed E-state index contributed by atoms with van der Waals surface area (Å²) in [6, 6.07) is 8.18. The monoisotopic (exact) mass is 243 g/mol. The first kappa shape index (κ1) is 12.9. The summed E-state index contributed by atoms with van der Waals surface area (Å²) >= 11 is 0. The van der Waals surface area contributed by atoms with Crippen LogP contribution in [0.1, 0.15) is 51.0 Å². The Kier molecular flexibility index (Phi) is 4.19. The molecular formula is C16H21NO. The van der Waals surface area contributed by atoms with Crippen molar-refractivity contribution in [3.63, 3.8) is 0 Å². The summed E-state index contributed by atoms with van der Waals surface area (Å²) in [6.07, 6.45) is 7.44. The highest BCUT2D eigenvalue weighted by molar-refractivity contribution is 5.88. The van der Waals surface area contributed by atoms with E-state index in [2.05, 4.69) is 30.4 Å². The lowest BCUT2D eigenvalue weighted by Gasteiger charge is -2.20. The molecule has 1 aromatic rings. The molecule has 2 nitrogen and oxygen atoms in total. The van der Waals surface area contributed by atoms with Gasteiger partial charge < -0.3 is 5.32 Å². The zero-order valence-corrected chi connectivity index (χ0v) is 11.2. The van der Waals surface area contributed by atoms with Crippen LogP contribution in [0, 0.1) is 0 Å². The Labute approximate surface area is 109 Å². The van der Waals surface area contributed by atoms with E-state index >= 15 is 0 Å². The van der Waals surface area contributed by atoms with Crippen LogP contribution in [0.15, 0.2) is 35.9 Å². The van der Waals surface area contributed by atoms with Crippen LogP contribution in [-0.2, 0) is 4.79 Å². The molecule has 2 rings (SSSR count). The lowest BCUT2D eigenvalue weighted by Crippen LogP contribution is -2.07. The van der Waals surface area contributed by atoms with Crippen molar-refractivity contribution in [1.82, 2.24) is 0 Å². The Balaban J connectivity index is 2.16. The molecule has 1 unspecified atom stereocenters. The zero-order valence-electron chi connectivity index (χ0n) is 11.2. The standard InChI is InChI=1S/C16H21NO/c1-12(14-7-4-3-5-8-14)15-9-6-10-16(11-15)17-13(2)18/h6-7,9-12H,3-5,8H2,1-2H3,(H,17,18). The molecule has 18 heavy (non-hydrogen) atoms. The van der Waals surface area contributed by atoms with E-state index in [1.54, 1.807) is 12.5 Å². The van der Waals surface area contributed by atoms with E-state index in [4.69, 9.17) is 0 Å². The summed E-state index contributed by atoms with van der Waals surface area (Å²) in [5.41, 5.74) is 3.72. The maximum absolute atomic E-state index is 11.1. The number of amides is 1. The molecule has 96 valence electrons. The van der Waals surface area contributed by atoms with Crippen LogP contribution in [-0.4, -0.2) is 5.91 Å². The third-order valence-corrected chi connectivity index (χ3v) is 3.59. The van der Waals surface area contributed by atoms with E-state index in [9.17, 15) is 4.79 Å². The highest BCUT2D eigenvalue weighted by atomic mass is 16.1. The van der Waals surface area contributed by atoms with Gasteiger partial charge >= 0.3 is 0 Å². The molecule has 1 N–H and O–H groups in total. The van der Waals surface area contributed by atoms with Crippen molar-refractivity contribution in [1.29, 1.82) is 0 Å². The van der Waals surface area contributed by atoms with Crippen LogP contribution in [0.2, 0.25) is 0 Å². The van der Waals surface area contributed by atoms with E-state index in [1.807, 2.05) is 12.1 Å². The van der Waals surface area contributed by atoms with Gasteiger partial charge in [-0.05, 0) is 43.4 Å². The Morgan fingerprint density at radius 2 is 2.17 bits per heavy atom. The third kappa shape index (κ3) is 3.22. The van der Waals surface area contributed by atoms with Gasteiger partial charge in [-0.3, -0.25) is 4.79 Å². The Hall–Kier alpha value is -1.57. The van der Waals surface area contributed by atoms with Crippen molar-refractivity contribution in [2.24, 2.45) is 0 Å². The SMILES string of the molecule is CC(=O)Nc1cccc(C(C)C2=CCCCC2)c1. The molecule has 0 bridgehead atoms. The summed E-state index contributed by atoms with van der Waals surface area (Å²) in [5, 5.41) is 2.84. The number of carbonyl (C=O) groups is 1. The van der Waals surface area contributed by atoms with Crippen LogP contribution in [0.25, 0.3) is 0 Å². The number of carbonyl (C=O) groups excluding carboxylic acids is 1. The molecule has 0 aromatic heterocycles. The van der Waals surface area contributed by atoms with Crippen LogP contribution >= 0.6 is 0 Å². The van der Waals surface area contributed by atoms with E-state index < -0.39 is 0 Å². The van der Waals surface area contributed by atoms with Crippen LogP contribution in [0.4, 0.5) is 5.69 Å². The second kappa shape index (κ2) is 5.85. The van der Waals surface area contributed by atoms with Gasteiger partial charge in [0.25, 0.3) is 0 Å². The first-order valence-electron chi connectivity index (χ1n) is 6.73. The molecule has 1 amide bonds. The van der Waals surface area contributed by atoms with Crippen molar-refractivity contribution in [2.45, 2.75) is 45.4 Å². The van der Waals surface area contributed by atoms with Crippen LogP contribution < -0.4 is 5.32 Å². The molecule has 2 heteroatoms. The number of benzene rings is 1. The fourth-order valence-corrected chi connectivity index (χ4v) is 2.56. The molecule has 1 aliphatic rings. The topological polar surface area (TPSA) is 29.1 Å². The van der Waals surface area contributed by atoms with Gasteiger partial charge in [-0.15, -0.1) is 0 Å². The average Bonchev–Trinajstić information content (AvgIpc) is 2.38. The number of allylic oxidation sites excluding steroid dienone is 2. The smallest absolute Gasteiger partial charge is 0.221 e. The summed E-state index contributed by atoms with van der Waals surface area (Å²) in [6.45, 7) is 3.80. The summed E-state index contributed by atoms with van der Waals surface area (Å²) in [7, 11) is 0. The number of anilines is 1. The van der Waals surface area contributed by atoms with E-state index in [0.29, 0.717) is 5.92 Å². The lowest BCUT2D eigenvalue weighted by molar-refractivity contribution is -0.114. The molecule has 1 aliphatic carbocycles. The number of hydrogen-bond acceptors (Lipinski definition) is 1. The predicted molar refractivity (Wildman–Crippen MR) is 75.7 cm³/mol. The van der Waals surface area contributed by atoms with Gasteiger partial charge in [-0.1, -0.05) is 30.7 Å². The Morgan fingerprint density at radius 1 is 1.33 bits per heavy atom. The normalized spacial score (nSPS) is 16.9. The molecule has 0 saturated heterocycles. The first-order chi connectivity index (χ1) is 8.66. The second-order valence-corrected chi connectivity index (χ2v) is 5.05. The van der Waals surface area contributed by atoms with Gasteiger partial charge in [0.15, 0.2) is 0 Å². The van der Waals surface area contributed by atoms with Gasteiger partial charge in [0.2, 0.25) is 5.91 Å². The molecule has 0 spiro atoms. The average molecular weight is 243 g/mol. The fourth-order valence-electron chi connectivity index (χ4n) is 2.56. The fraction of sp³-hybridized carbons (Fsp3) is 0.438. The molecular weight excluding hydrogens is 222 g/mol. The third-order valence-electron chi connectivity index (χ3n) is 3.59. The van der Waals surface area contributed by atoms with Gasteiger partial charge in [0, 0.05) is 18.5 Å². The van der Waals surface area contributed by atoms with Crippen molar-refractivity contribution in [3.8, 4) is 0 Å². The van der Waals surface area contributed by atoms with Crippen molar-refractivity contribution in [3.05, 3.63) is 41.5 Å². The molecule has 0 heterocycles. The summed E-state index contributed by atoms with van der Waals surface area (Å²) in [4.78, 5) is 11.1. The highest BCUT2D eigenvalue weighted by Crippen LogP contribution is 2.32. The number of hydrogen-bond donors (Lipinski definition) is 1. The van der Waals surface area contributed by atoms with Gasteiger partial charge in [-0.2, -0.15) is 0 Å². The van der Waals surface area contributed by atoms with Gasteiger partial charge in [-0.25, -0.2) is 0 Å². The minimum Gasteiger partial charge on any atom is -0.326 e. The molecule has 0 fully saturated rings. The molecule has 0 aliphatic heterocycles. The van der Waals surface area contributed by atoms with Crippen LogP contribution in [0.5, 0.6) is 0 Å². The quantitative estimate of drug-likeness (QED) is 0.790. The minimum absolute atomic E-state index is 0.0170. The maximum atomic E-state index is 11.1. The van der Waals surface area contributed by atoms with E-state index in [-0.39, 0.29) is 5.91 Å². The van der Waals surface area contributed by atoms with Gasteiger partial charge in [0.05, 0.1) is 0 Å². The number of nitrogens with one attached hydrogen (secondary N) is 1. The van der Waals surface area contributed by atoms with Crippen molar-refractivity contribution in [2.75, 3.05) is 5.32 Å². The Bertz CT molecular complexity index is 462. The molecule has 0 saturated carbocycles. The maximum Gasteiger partial charge on any atom is 0.221 e. The molecule has 1 aromatic carbocycles. The first-order valence-corrected chi connectivity index (χ1v) is 6.73. The van der Waals surface area contributed by atoms with E-state index in [0.717, 1.165) is 5.69 Å². The second-order valence-electron chi connectivity index (χ2n) is 5.05. The molecule has 1 atom stereocenters. The van der Waals surface area contributed by atoms with E-state index in [1.165, 1.54) is 31.2 Å². The summed E-state index contributed by atoms with van der Waals surface area (Å²) in [5.74, 6) is 0.440. The van der Waals surface area contributed by atoms with Crippen molar-refractivity contribution < 1.29 is 4.79 Å². The largest absolute Gasteiger partial charge is 0.326 e. The number of rotatable bonds is 3. The lowest BCUT2D eigenvalue weighted by atomic mass is 9.86. The zero-order chi connectivity index (χ0) is 13.0. The van der Waals surface area contributed by atoms with Gasteiger partial charge in [0.1, 0.15) is 0 Å². The Morgan fingerprint density at radius 3 is 2.83 bits per heavy atom. The highest BCUT2D eigenvalue weighted by Gasteiger charge is 2.13. The predicted octanol–water partition coefficient (Wildman–Crippen LogP) is 4.25. The molecule has 0 radical (unpaired) electrons. The minimum atomic E-state index is -0.0170.